The molecule has 31 heavy (non-hydrogen) atoms. The van der Waals surface area contributed by atoms with Crippen LogP contribution < -0.4 is 20.9 Å². The van der Waals surface area contributed by atoms with Crippen LogP contribution in [0.3, 0.4) is 0 Å². The van der Waals surface area contributed by atoms with E-state index in [2.05, 4.69) is 15.6 Å². The molecule has 0 aliphatic heterocycles. The zero-order chi connectivity index (χ0) is 21.8. The van der Waals surface area contributed by atoms with Gasteiger partial charge in [-0.25, -0.2) is 9.78 Å². The van der Waals surface area contributed by atoms with Gasteiger partial charge in [-0.3, -0.25) is 9.20 Å². The third-order valence-corrected chi connectivity index (χ3v) is 4.77. The normalized spacial score (nSPS) is 10.6. The van der Waals surface area contributed by atoms with Gasteiger partial charge in [-0.2, -0.15) is 0 Å². The third-order valence-electron chi connectivity index (χ3n) is 4.55. The van der Waals surface area contributed by atoms with Gasteiger partial charge >= 0.3 is 6.03 Å². The van der Waals surface area contributed by atoms with E-state index in [1.54, 1.807) is 36.4 Å². The Morgan fingerprint density at radius 1 is 1.06 bits per heavy atom. The van der Waals surface area contributed by atoms with Crippen LogP contribution >= 0.6 is 11.6 Å². The molecule has 2 heterocycles. The largest absolute Gasteiger partial charge is 0.487 e. The maximum Gasteiger partial charge on any atom is 0.323 e. The third kappa shape index (κ3) is 5.02. The molecule has 0 radical (unpaired) electrons. The van der Waals surface area contributed by atoms with Crippen molar-refractivity contribution in [3.05, 3.63) is 99.6 Å². The monoisotopic (exact) mass is 434 g/mol. The molecule has 0 unspecified atom stereocenters. The van der Waals surface area contributed by atoms with Crippen LogP contribution in [-0.2, 0) is 6.61 Å². The summed E-state index contributed by atoms with van der Waals surface area (Å²) in [5.74, 6) is 0.534. The van der Waals surface area contributed by atoms with Gasteiger partial charge in [0.05, 0.1) is 10.7 Å². The van der Waals surface area contributed by atoms with Crippen LogP contribution in [0.25, 0.3) is 5.65 Å². The number of nitrogens with one attached hydrogen (secondary N) is 2. The molecule has 7 nitrogen and oxygen atoms in total. The number of anilines is 2. The second kappa shape index (κ2) is 8.89. The van der Waals surface area contributed by atoms with E-state index in [0.29, 0.717) is 27.8 Å². The van der Waals surface area contributed by atoms with E-state index in [1.165, 1.54) is 16.7 Å². The van der Waals surface area contributed by atoms with Crippen molar-refractivity contribution in [2.45, 2.75) is 13.5 Å². The van der Waals surface area contributed by atoms with Gasteiger partial charge in [-0.15, -0.1) is 0 Å². The number of pyridine rings is 1. The molecule has 0 aliphatic rings. The number of hydrogen-bond donors (Lipinski definition) is 2. The Hall–Kier alpha value is -3.84. The lowest BCUT2D eigenvalue weighted by atomic mass is 10.2. The zero-order valence-corrected chi connectivity index (χ0v) is 17.4. The Bertz CT molecular complexity index is 1320. The number of aromatic nitrogens is 2. The molecule has 4 aromatic rings. The SMILES string of the molecule is Cc1ccccc1NC(=O)Nc1cccc(OCc2cc(=O)n3cc(Cl)ccc3n2)c1. The van der Waals surface area contributed by atoms with Gasteiger partial charge in [0.15, 0.2) is 0 Å². The Kier molecular flexibility index (Phi) is 5.86. The predicted octanol–water partition coefficient (Wildman–Crippen LogP) is 4.88. The van der Waals surface area contributed by atoms with Crippen LogP contribution in [0.4, 0.5) is 16.2 Å². The fraction of sp³-hybridized carbons (Fsp3) is 0.0870. The summed E-state index contributed by atoms with van der Waals surface area (Å²) in [6.45, 7) is 2.03. The smallest absolute Gasteiger partial charge is 0.323 e. The average molecular weight is 435 g/mol. The van der Waals surface area contributed by atoms with E-state index in [-0.39, 0.29) is 18.2 Å². The Labute approximate surface area is 183 Å². The van der Waals surface area contributed by atoms with Crippen molar-refractivity contribution in [3.63, 3.8) is 0 Å². The molecule has 0 bridgehead atoms. The average Bonchev–Trinajstić information content (AvgIpc) is 2.75. The molecule has 0 atom stereocenters. The Morgan fingerprint density at radius 2 is 1.90 bits per heavy atom. The fourth-order valence-corrected chi connectivity index (χ4v) is 3.18. The summed E-state index contributed by atoms with van der Waals surface area (Å²) in [7, 11) is 0. The van der Waals surface area contributed by atoms with E-state index < -0.39 is 0 Å². The molecule has 0 fully saturated rings. The summed E-state index contributed by atoms with van der Waals surface area (Å²) in [4.78, 5) is 29.0. The molecule has 0 saturated heterocycles. The maximum absolute atomic E-state index is 12.3. The molecule has 0 spiro atoms. The molecular weight excluding hydrogens is 416 g/mol. The van der Waals surface area contributed by atoms with Gasteiger partial charge in [0.2, 0.25) is 0 Å². The first kappa shape index (κ1) is 20.4. The number of rotatable bonds is 5. The first-order valence-electron chi connectivity index (χ1n) is 9.52. The van der Waals surface area contributed by atoms with Gasteiger partial charge in [0, 0.05) is 29.7 Å². The lowest BCUT2D eigenvalue weighted by Crippen LogP contribution is -2.20. The maximum atomic E-state index is 12.3. The van der Waals surface area contributed by atoms with Gasteiger partial charge < -0.3 is 15.4 Å². The Balaban J connectivity index is 1.42. The number of aryl methyl sites for hydroxylation is 1. The zero-order valence-electron chi connectivity index (χ0n) is 16.6. The van der Waals surface area contributed by atoms with Crippen LogP contribution in [0.5, 0.6) is 5.75 Å². The van der Waals surface area contributed by atoms with Crippen molar-refractivity contribution in [3.8, 4) is 5.75 Å². The van der Waals surface area contributed by atoms with Crippen molar-refractivity contribution in [2.24, 2.45) is 0 Å². The van der Waals surface area contributed by atoms with Crippen molar-refractivity contribution < 1.29 is 9.53 Å². The fourth-order valence-electron chi connectivity index (χ4n) is 3.02. The molecule has 2 aromatic carbocycles. The highest BCUT2D eigenvalue weighted by Crippen LogP contribution is 2.19. The van der Waals surface area contributed by atoms with Gasteiger partial charge in [0.1, 0.15) is 18.0 Å². The number of benzene rings is 2. The summed E-state index contributed by atoms with van der Waals surface area (Å²) in [6.07, 6.45) is 1.52. The summed E-state index contributed by atoms with van der Waals surface area (Å²) in [6, 6.07) is 18.9. The summed E-state index contributed by atoms with van der Waals surface area (Å²) in [5.41, 5.74) is 3.01. The molecular formula is C23H19ClN4O3. The number of para-hydroxylation sites is 1. The molecule has 0 saturated carbocycles. The molecule has 4 rings (SSSR count). The van der Waals surface area contributed by atoms with E-state index >= 15 is 0 Å². The number of carbonyl (C=O) groups is 1. The minimum absolute atomic E-state index is 0.104. The lowest BCUT2D eigenvalue weighted by molar-refractivity contribution is 0.262. The number of urea groups is 1. The van der Waals surface area contributed by atoms with E-state index in [0.717, 1.165) is 11.3 Å². The molecule has 156 valence electrons. The summed E-state index contributed by atoms with van der Waals surface area (Å²) >= 11 is 5.93. The molecule has 8 heteroatoms. The highest BCUT2D eigenvalue weighted by Gasteiger charge is 2.07. The van der Waals surface area contributed by atoms with Crippen LogP contribution in [0.2, 0.25) is 5.02 Å². The standard InChI is InChI=1S/C23H19ClN4O3/c1-15-5-2-3-8-20(15)27-23(30)26-17-6-4-7-19(11-17)31-14-18-12-22(29)28-13-16(24)9-10-21(28)25-18/h2-13H,14H2,1H3,(H2,26,27,30). The van der Waals surface area contributed by atoms with Gasteiger partial charge in [-0.1, -0.05) is 35.9 Å². The number of carbonyl (C=O) groups excluding carboxylic acids is 1. The number of fused-ring (bicyclic) bond motifs is 1. The van der Waals surface area contributed by atoms with Gasteiger partial charge in [-0.05, 0) is 42.8 Å². The predicted molar refractivity (Wildman–Crippen MR) is 121 cm³/mol. The van der Waals surface area contributed by atoms with Crippen LogP contribution in [0, 0.1) is 6.92 Å². The van der Waals surface area contributed by atoms with Crippen LogP contribution in [0.1, 0.15) is 11.3 Å². The van der Waals surface area contributed by atoms with Crippen molar-refractivity contribution in [2.75, 3.05) is 10.6 Å². The number of halogens is 1. The summed E-state index contributed by atoms with van der Waals surface area (Å²) in [5, 5.41) is 6.05. The minimum atomic E-state index is -0.352. The highest BCUT2D eigenvalue weighted by atomic mass is 35.5. The van der Waals surface area contributed by atoms with Gasteiger partial charge in [0.25, 0.3) is 5.56 Å². The molecule has 0 aliphatic carbocycles. The quantitative estimate of drug-likeness (QED) is 0.469. The molecule has 2 amide bonds. The minimum Gasteiger partial charge on any atom is -0.487 e. The Morgan fingerprint density at radius 3 is 2.74 bits per heavy atom. The first-order chi connectivity index (χ1) is 15.0. The number of ether oxygens (including phenoxy) is 1. The van der Waals surface area contributed by atoms with Crippen molar-refractivity contribution in [1.82, 2.24) is 9.38 Å². The topological polar surface area (TPSA) is 84.7 Å². The molecule has 2 aromatic heterocycles. The van der Waals surface area contributed by atoms with Crippen LogP contribution in [-0.4, -0.2) is 15.4 Å². The lowest BCUT2D eigenvalue weighted by Gasteiger charge is -2.11. The van der Waals surface area contributed by atoms with Crippen molar-refractivity contribution >= 4 is 34.7 Å². The van der Waals surface area contributed by atoms with E-state index in [9.17, 15) is 9.59 Å². The second-order valence-corrected chi connectivity index (χ2v) is 7.31. The summed E-state index contributed by atoms with van der Waals surface area (Å²) < 4.78 is 7.15. The van der Waals surface area contributed by atoms with E-state index in [4.69, 9.17) is 16.3 Å². The number of nitrogens with zero attached hydrogens (tertiary/aromatic N) is 2. The first-order valence-corrected chi connectivity index (χ1v) is 9.90. The van der Waals surface area contributed by atoms with Crippen molar-refractivity contribution in [1.29, 1.82) is 0 Å². The highest BCUT2D eigenvalue weighted by molar-refractivity contribution is 6.30. The van der Waals surface area contributed by atoms with Crippen LogP contribution in [0.15, 0.2) is 77.7 Å². The number of amides is 2. The number of hydrogen-bond acceptors (Lipinski definition) is 4. The molecule has 2 N–H and O–H groups in total. The van der Waals surface area contributed by atoms with E-state index in [1.807, 2.05) is 31.2 Å². The second-order valence-electron chi connectivity index (χ2n) is 6.87.